The van der Waals surface area contributed by atoms with Crippen LogP contribution in [0, 0.1) is 6.92 Å². The van der Waals surface area contributed by atoms with E-state index in [0.717, 1.165) is 16.5 Å². The van der Waals surface area contributed by atoms with Crippen molar-refractivity contribution in [1.29, 1.82) is 0 Å². The minimum atomic E-state index is -4.02. The molecule has 0 aliphatic carbocycles. The van der Waals surface area contributed by atoms with Crippen LogP contribution >= 0.6 is 0 Å². The van der Waals surface area contributed by atoms with E-state index in [9.17, 15) is 13.2 Å². The SMILES string of the molecule is COc1cc2c(-c3cc4cccnc4n3S(=O)(=O)c3ccc(C)cc3)cn(CCCC(=O)O)c2cc1OC. The van der Waals surface area contributed by atoms with Crippen LogP contribution in [0.15, 0.2) is 71.9 Å². The fraction of sp³-hybridized carbons (Fsp3) is 0.214. The number of fused-ring (bicyclic) bond motifs is 2. The number of benzene rings is 2. The number of hydrogen-bond donors (Lipinski definition) is 1. The zero-order chi connectivity index (χ0) is 27.0. The molecule has 0 unspecified atom stereocenters. The van der Waals surface area contributed by atoms with E-state index in [1.54, 1.807) is 49.7 Å². The summed E-state index contributed by atoms with van der Waals surface area (Å²) in [6.45, 7) is 2.32. The van der Waals surface area contributed by atoms with Gasteiger partial charge in [0, 0.05) is 47.8 Å². The summed E-state index contributed by atoms with van der Waals surface area (Å²) in [5, 5.41) is 10.6. The largest absolute Gasteiger partial charge is 0.493 e. The number of pyridine rings is 1. The standard InChI is InChI=1S/C28H27N3O6S/c1-18-8-10-20(11-9-18)38(34,35)31-24(14-19-6-4-12-29-28(19)31)22-17-30(13-5-7-27(32)33)23-16-26(37-3)25(36-2)15-21(22)23/h4,6,8-12,14-17H,5,7,13H2,1-3H3,(H,32,33). The van der Waals surface area contributed by atoms with Crippen LogP contribution in [-0.4, -0.2) is 47.2 Å². The van der Waals surface area contributed by atoms with E-state index in [1.165, 1.54) is 11.1 Å². The molecule has 0 fully saturated rings. The van der Waals surface area contributed by atoms with Gasteiger partial charge in [-0.15, -0.1) is 0 Å². The van der Waals surface area contributed by atoms with Gasteiger partial charge in [0.15, 0.2) is 17.1 Å². The van der Waals surface area contributed by atoms with E-state index >= 15 is 0 Å². The lowest BCUT2D eigenvalue weighted by Crippen LogP contribution is -2.14. The lowest BCUT2D eigenvalue weighted by molar-refractivity contribution is -0.137. The summed E-state index contributed by atoms with van der Waals surface area (Å²) in [4.78, 5) is 15.7. The maximum absolute atomic E-state index is 14.0. The fourth-order valence-electron chi connectivity index (χ4n) is 4.66. The van der Waals surface area contributed by atoms with Gasteiger partial charge in [0.25, 0.3) is 10.0 Å². The predicted octanol–water partition coefficient (Wildman–Crippen LogP) is 5.09. The average Bonchev–Trinajstić information content (AvgIpc) is 3.46. The summed E-state index contributed by atoms with van der Waals surface area (Å²) in [5.74, 6) is 0.127. The van der Waals surface area contributed by atoms with Gasteiger partial charge in [-0.1, -0.05) is 17.7 Å². The highest BCUT2D eigenvalue weighted by atomic mass is 32.2. The molecule has 0 aliphatic rings. The van der Waals surface area contributed by atoms with Gasteiger partial charge in [0.05, 0.1) is 30.3 Å². The van der Waals surface area contributed by atoms with Crippen molar-refractivity contribution in [2.75, 3.05) is 14.2 Å². The second-order valence-electron chi connectivity index (χ2n) is 8.99. The monoisotopic (exact) mass is 533 g/mol. The topological polar surface area (TPSA) is 113 Å². The molecule has 0 atom stereocenters. The highest BCUT2D eigenvalue weighted by molar-refractivity contribution is 7.90. The Morgan fingerprint density at radius 2 is 1.74 bits per heavy atom. The number of carboxylic acids is 1. The van der Waals surface area contributed by atoms with Crippen molar-refractivity contribution in [3.63, 3.8) is 0 Å². The smallest absolute Gasteiger partial charge is 0.303 e. The Morgan fingerprint density at radius 1 is 1.03 bits per heavy atom. The molecule has 0 amide bonds. The van der Waals surface area contributed by atoms with Crippen molar-refractivity contribution in [3.8, 4) is 22.8 Å². The van der Waals surface area contributed by atoms with Gasteiger partial charge in [-0.05, 0) is 49.7 Å². The minimum absolute atomic E-state index is 0.00822. The first-order valence-electron chi connectivity index (χ1n) is 12.0. The van der Waals surface area contributed by atoms with Crippen molar-refractivity contribution in [2.45, 2.75) is 31.2 Å². The van der Waals surface area contributed by atoms with Crippen LogP contribution in [0.4, 0.5) is 0 Å². The van der Waals surface area contributed by atoms with Crippen LogP contribution in [0.3, 0.4) is 0 Å². The summed E-state index contributed by atoms with van der Waals surface area (Å²) in [6.07, 6.45) is 3.82. The van der Waals surface area contributed by atoms with Gasteiger partial charge < -0.3 is 19.1 Å². The van der Waals surface area contributed by atoms with Gasteiger partial charge >= 0.3 is 5.97 Å². The second kappa shape index (κ2) is 9.86. The van der Waals surface area contributed by atoms with Crippen LogP contribution in [0.5, 0.6) is 11.5 Å². The first-order chi connectivity index (χ1) is 18.2. The zero-order valence-corrected chi connectivity index (χ0v) is 22.0. The number of aromatic nitrogens is 3. The fourth-order valence-corrected chi connectivity index (χ4v) is 6.15. The Balaban J connectivity index is 1.80. The molecule has 1 N–H and O–H groups in total. The van der Waals surface area contributed by atoms with Gasteiger partial charge in [-0.3, -0.25) is 4.79 Å². The zero-order valence-electron chi connectivity index (χ0n) is 21.2. The summed E-state index contributed by atoms with van der Waals surface area (Å²) < 4.78 is 42.3. The molecule has 0 saturated heterocycles. The molecule has 0 spiro atoms. The number of methoxy groups -OCH3 is 2. The molecule has 9 nitrogen and oxygen atoms in total. The highest BCUT2D eigenvalue weighted by Gasteiger charge is 2.27. The molecule has 3 heterocycles. The van der Waals surface area contributed by atoms with E-state index in [4.69, 9.17) is 14.6 Å². The lowest BCUT2D eigenvalue weighted by Gasteiger charge is -2.12. The number of carbonyl (C=O) groups is 1. The van der Waals surface area contributed by atoms with Gasteiger partial charge in [-0.2, -0.15) is 0 Å². The van der Waals surface area contributed by atoms with Crippen LogP contribution in [-0.2, 0) is 21.4 Å². The molecule has 2 aromatic carbocycles. The lowest BCUT2D eigenvalue weighted by atomic mass is 10.1. The Bertz CT molecular complexity index is 1770. The summed E-state index contributed by atoms with van der Waals surface area (Å²) in [5.41, 5.74) is 3.11. The van der Waals surface area contributed by atoms with E-state index in [1.807, 2.05) is 35.9 Å². The Morgan fingerprint density at radius 3 is 2.42 bits per heavy atom. The van der Waals surface area contributed by atoms with Gasteiger partial charge in [-0.25, -0.2) is 17.4 Å². The van der Waals surface area contributed by atoms with Gasteiger partial charge in [0.2, 0.25) is 0 Å². The molecule has 5 rings (SSSR count). The molecule has 0 saturated carbocycles. The van der Waals surface area contributed by atoms with E-state index in [0.29, 0.717) is 46.8 Å². The molecule has 0 bridgehead atoms. The summed E-state index contributed by atoms with van der Waals surface area (Å²) >= 11 is 0. The third kappa shape index (κ3) is 4.37. The third-order valence-corrected chi connectivity index (χ3v) is 8.25. The van der Waals surface area contributed by atoms with E-state index in [2.05, 4.69) is 4.98 Å². The number of carboxylic acid groups (broad SMARTS) is 1. The van der Waals surface area contributed by atoms with Crippen LogP contribution in [0.25, 0.3) is 33.2 Å². The minimum Gasteiger partial charge on any atom is -0.493 e. The van der Waals surface area contributed by atoms with Crippen molar-refractivity contribution >= 4 is 37.9 Å². The predicted molar refractivity (Wildman–Crippen MR) is 144 cm³/mol. The number of aryl methyl sites for hydroxylation is 2. The van der Waals surface area contributed by atoms with Crippen molar-refractivity contribution in [2.24, 2.45) is 0 Å². The molecule has 5 aromatic rings. The molecule has 3 aromatic heterocycles. The van der Waals surface area contributed by atoms with Crippen LogP contribution in [0.2, 0.25) is 0 Å². The number of ether oxygens (including phenoxy) is 2. The maximum Gasteiger partial charge on any atom is 0.303 e. The number of nitrogens with zero attached hydrogens (tertiary/aromatic N) is 3. The van der Waals surface area contributed by atoms with E-state index in [-0.39, 0.29) is 11.3 Å². The first-order valence-corrected chi connectivity index (χ1v) is 13.4. The highest BCUT2D eigenvalue weighted by Crippen LogP contribution is 2.41. The normalized spacial score (nSPS) is 11.8. The van der Waals surface area contributed by atoms with Crippen LogP contribution in [0.1, 0.15) is 18.4 Å². The maximum atomic E-state index is 14.0. The third-order valence-electron chi connectivity index (χ3n) is 6.53. The van der Waals surface area contributed by atoms with Crippen molar-refractivity contribution < 1.29 is 27.8 Å². The average molecular weight is 534 g/mol. The van der Waals surface area contributed by atoms with E-state index < -0.39 is 16.0 Å². The van der Waals surface area contributed by atoms with Crippen molar-refractivity contribution in [3.05, 3.63) is 72.6 Å². The number of aliphatic carboxylic acids is 1. The molecule has 38 heavy (non-hydrogen) atoms. The molecule has 0 radical (unpaired) electrons. The Hall–Kier alpha value is -4.31. The molecular formula is C28H27N3O6S. The summed E-state index contributed by atoms with van der Waals surface area (Å²) in [7, 11) is -0.943. The summed E-state index contributed by atoms with van der Waals surface area (Å²) in [6, 6.07) is 15.7. The Kier molecular flexibility index (Phi) is 6.58. The second-order valence-corrected chi connectivity index (χ2v) is 10.8. The quantitative estimate of drug-likeness (QED) is 0.281. The number of hydrogen-bond acceptors (Lipinski definition) is 6. The van der Waals surface area contributed by atoms with Gasteiger partial charge in [0.1, 0.15) is 0 Å². The first kappa shape index (κ1) is 25.3. The molecule has 196 valence electrons. The van der Waals surface area contributed by atoms with Crippen molar-refractivity contribution in [1.82, 2.24) is 13.5 Å². The Labute approximate surface area is 219 Å². The van der Waals surface area contributed by atoms with Crippen LogP contribution < -0.4 is 9.47 Å². The molecule has 0 aliphatic heterocycles. The number of rotatable bonds is 9. The molecular weight excluding hydrogens is 506 g/mol. The molecule has 10 heteroatoms.